The Morgan fingerprint density at radius 1 is 1.27 bits per heavy atom. The second kappa shape index (κ2) is 4.06. The summed E-state index contributed by atoms with van der Waals surface area (Å²) in [5.74, 6) is 0.923. The van der Waals surface area contributed by atoms with Crippen molar-refractivity contribution in [3.05, 3.63) is 0 Å². The van der Waals surface area contributed by atoms with Crippen molar-refractivity contribution in [2.75, 3.05) is 13.6 Å². The van der Waals surface area contributed by atoms with Crippen molar-refractivity contribution in [1.29, 1.82) is 0 Å². The molecule has 2 rings (SSSR count). The first-order valence-corrected chi connectivity index (χ1v) is 6.36. The first-order valence-electron chi connectivity index (χ1n) is 6.36. The minimum absolute atomic E-state index is 0.0956. The quantitative estimate of drug-likeness (QED) is 0.774. The van der Waals surface area contributed by atoms with Crippen LogP contribution in [0.1, 0.15) is 46.0 Å². The number of hydrogen-bond donors (Lipinski definition) is 1. The predicted molar refractivity (Wildman–Crippen MR) is 62.8 cm³/mol. The van der Waals surface area contributed by atoms with Gasteiger partial charge >= 0.3 is 0 Å². The van der Waals surface area contributed by atoms with Crippen molar-refractivity contribution in [2.45, 2.75) is 58.1 Å². The molecule has 2 atom stereocenters. The molecule has 1 N–H and O–H groups in total. The third kappa shape index (κ3) is 2.94. The number of rotatable bonds is 3. The fourth-order valence-electron chi connectivity index (χ4n) is 2.83. The van der Waals surface area contributed by atoms with Crippen LogP contribution in [0.5, 0.6) is 0 Å². The van der Waals surface area contributed by atoms with Crippen molar-refractivity contribution in [1.82, 2.24) is 4.90 Å². The zero-order valence-electron chi connectivity index (χ0n) is 10.4. The van der Waals surface area contributed by atoms with E-state index in [4.69, 9.17) is 0 Å². The van der Waals surface area contributed by atoms with Crippen molar-refractivity contribution in [3.63, 3.8) is 0 Å². The summed E-state index contributed by atoms with van der Waals surface area (Å²) >= 11 is 0. The van der Waals surface area contributed by atoms with Crippen LogP contribution in [-0.4, -0.2) is 35.7 Å². The van der Waals surface area contributed by atoms with Gasteiger partial charge in [-0.15, -0.1) is 0 Å². The second-order valence-corrected chi connectivity index (χ2v) is 6.42. The standard InChI is InChI=1S/C13H25NO/c1-13(2)7-6-12(15)11(8-13)14(3)9-10-4-5-10/h10-12,15H,4-9H2,1-3H3. The van der Waals surface area contributed by atoms with Crippen molar-refractivity contribution in [3.8, 4) is 0 Å². The van der Waals surface area contributed by atoms with Crippen molar-refractivity contribution in [2.24, 2.45) is 11.3 Å². The molecule has 0 aromatic rings. The Bertz CT molecular complexity index is 223. The van der Waals surface area contributed by atoms with Crippen LogP contribution in [-0.2, 0) is 0 Å². The minimum Gasteiger partial charge on any atom is -0.391 e. The maximum Gasteiger partial charge on any atom is 0.0695 e. The fraction of sp³-hybridized carbons (Fsp3) is 1.00. The largest absolute Gasteiger partial charge is 0.391 e. The van der Waals surface area contributed by atoms with Gasteiger partial charge in [0.05, 0.1) is 6.10 Å². The molecule has 2 saturated carbocycles. The summed E-state index contributed by atoms with van der Waals surface area (Å²) in [4.78, 5) is 2.41. The molecule has 0 aromatic heterocycles. The van der Waals surface area contributed by atoms with Gasteiger partial charge in [-0.05, 0) is 50.5 Å². The van der Waals surface area contributed by atoms with E-state index in [1.807, 2.05) is 0 Å². The predicted octanol–water partition coefficient (Wildman–Crippen LogP) is 2.27. The molecule has 0 spiro atoms. The molecule has 0 bridgehead atoms. The van der Waals surface area contributed by atoms with Gasteiger partial charge in [-0.1, -0.05) is 13.8 Å². The van der Waals surface area contributed by atoms with Gasteiger partial charge in [0.15, 0.2) is 0 Å². The third-order valence-electron chi connectivity index (χ3n) is 4.13. The average Bonchev–Trinajstić information content (AvgIpc) is 2.93. The highest BCUT2D eigenvalue weighted by Crippen LogP contribution is 2.38. The van der Waals surface area contributed by atoms with Gasteiger partial charge in [0.1, 0.15) is 0 Å². The molecule has 2 fully saturated rings. The summed E-state index contributed by atoms with van der Waals surface area (Å²) in [5.41, 5.74) is 0.418. The SMILES string of the molecule is CN(CC1CC1)C1CC(C)(C)CCC1O. The molecule has 0 heterocycles. The number of aliphatic hydroxyl groups excluding tert-OH is 1. The Morgan fingerprint density at radius 3 is 2.53 bits per heavy atom. The maximum atomic E-state index is 10.1. The number of nitrogens with zero attached hydrogens (tertiary/aromatic N) is 1. The highest BCUT2D eigenvalue weighted by Gasteiger charge is 2.37. The molecule has 15 heavy (non-hydrogen) atoms. The Kier molecular flexibility index (Phi) is 3.09. The molecule has 2 aliphatic rings. The summed E-state index contributed by atoms with van der Waals surface area (Å²) in [6.07, 6.45) is 6.00. The zero-order chi connectivity index (χ0) is 11.1. The fourth-order valence-corrected chi connectivity index (χ4v) is 2.83. The molecule has 2 unspecified atom stereocenters. The van der Waals surface area contributed by atoms with E-state index < -0.39 is 0 Å². The van der Waals surface area contributed by atoms with E-state index in [1.54, 1.807) is 0 Å². The Labute approximate surface area is 93.7 Å². The molecule has 0 saturated heterocycles. The molecular weight excluding hydrogens is 186 g/mol. The van der Waals surface area contributed by atoms with Gasteiger partial charge in [-0.25, -0.2) is 0 Å². The molecule has 0 radical (unpaired) electrons. The van der Waals surface area contributed by atoms with E-state index in [1.165, 1.54) is 25.8 Å². The lowest BCUT2D eigenvalue weighted by molar-refractivity contribution is -0.00866. The molecule has 0 aromatic carbocycles. The van der Waals surface area contributed by atoms with Crippen LogP contribution in [0.2, 0.25) is 0 Å². The van der Waals surface area contributed by atoms with E-state index in [0.717, 1.165) is 18.8 Å². The lowest BCUT2D eigenvalue weighted by atomic mass is 9.73. The summed E-state index contributed by atoms with van der Waals surface area (Å²) in [7, 11) is 2.19. The zero-order valence-corrected chi connectivity index (χ0v) is 10.4. The van der Waals surface area contributed by atoms with E-state index in [9.17, 15) is 5.11 Å². The smallest absolute Gasteiger partial charge is 0.0695 e. The molecular formula is C13H25NO. The Morgan fingerprint density at radius 2 is 1.93 bits per heavy atom. The molecule has 0 amide bonds. The summed E-state index contributed by atoms with van der Waals surface area (Å²) in [6.45, 7) is 5.85. The van der Waals surface area contributed by atoms with E-state index in [2.05, 4.69) is 25.8 Å². The lowest BCUT2D eigenvalue weighted by Gasteiger charge is -2.42. The molecule has 88 valence electrons. The van der Waals surface area contributed by atoms with Gasteiger partial charge in [-0.2, -0.15) is 0 Å². The normalized spacial score (nSPS) is 35.8. The van der Waals surface area contributed by atoms with Gasteiger partial charge in [0, 0.05) is 12.6 Å². The van der Waals surface area contributed by atoms with Crippen LogP contribution >= 0.6 is 0 Å². The van der Waals surface area contributed by atoms with Crippen molar-refractivity contribution < 1.29 is 5.11 Å². The van der Waals surface area contributed by atoms with Crippen LogP contribution in [0.15, 0.2) is 0 Å². The second-order valence-electron chi connectivity index (χ2n) is 6.42. The molecule has 0 aliphatic heterocycles. The molecule has 2 nitrogen and oxygen atoms in total. The van der Waals surface area contributed by atoms with Crippen LogP contribution in [0, 0.1) is 11.3 Å². The summed E-state index contributed by atoms with van der Waals surface area (Å²) in [5, 5.41) is 10.1. The van der Waals surface area contributed by atoms with Gasteiger partial charge in [0.2, 0.25) is 0 Å². The topological polar surface area (TPSA) is 23.5 Å². The minimum atomic E-state index is -0.0956. The number of aliphatic hydroxyl groups is 1. The summed E-state index contributed by atoms with van der Waals surface area (Å²) in [6, 6.07) is 0.398. The average molecular weight is 211 g/mol. The van der Waals surface area contributed by atoms with E-state index >= 15 is 0 Å². The lowest BCUT2D eigenvalue weighted by Crippen LogP contribution is -2.48. The van der Waals surface area contributed by atoms with E-state index in [0.29, 0.717) is 11.5 Å². The Hall–Kier alpha value is -0.0800. The van der Waals surface area contributed by atoms with E-state index in [-0.39, 0.29) is 6.10 Å². The summed E-state index contributed by atoms with van der Waals surface area (Å²) < 4.78 is 0. The van der Waals surface area contributed by atoms with Crippen LogP contribution < -0.4 is 0 Å². The van der Waals surface area contributed by atoms with Crippen molar-refractivity contribution >= 4 is 0 Å². The van der Waals surface area contributed by atoms with Crippen LogP contribution in [0.3, 0.4) is 0 Å². The Balaban J connectivity index is 1.91. The van der Waals surface area contributed by atoms with Gasteiger partial charge < -0.3 is 10.0 Å². The highest BCUT2D eigenvalue weighted by molar-refractivity contribution is 4.91. The maximum absolute atomic E-state index is 10.1. The first kappa shape index (κ1) is 11.4. The van der Waals surface area contributed by atoms with Gasteiger partial charge in [0.25, 0.3) is 0 Å². The first-order chi connectivity index (χ1) is 6.98. The molecule has 2 heteroatoms. The number of hydrogen-bond acceptors (Lipinski definition) is 2. The monoisotopic (exact) mass is 211 g/mol. The van der Waals surface area contributed by atoms with Crippen LogP contribution in [0.4, 0.5) is 0 Å². The van der Waals surface area contributed by atoms with Gasteiger partial charge in [-0.3, -0.25) is 0 Å². The number of likely N-dealkylation sites (N-methyl/N-ethyl adjacent to an activating group) is 1. The third-order valence-corrected chi connectivity index (χ3v) is 4.13. The molecule has 2 aliphatic carbocycles. The highest BCUT2D eigenvalue weighted by atomic mass is 16.3. The van der Waals surface area contributed by atoms with Crippen LogP contribution in [0.25, 0.3) is 0 Å².